The fourth-order valence-electron chi connectivity index (χ4n) is 4.31. The molecule has 4 heteroatoms. The number of unbranched alkanes of at least 4 members (excludes halogenated alkanes) is 1. The van der Waals surface area contributed by atoms with E-state index in [9.17, 15) is 4.79 Å². The lowest BCUT2D eigenvalue weighted by molar-refractivity contribution is -0.125. The molecular weight excluding hydrogens is 492 g/mol. The molecule has 0 N–H and O–H groups in total. The fraction of sp³-hybridized carbons (Fsp3) is 0.611. The van der Waals surface area contributed by atoms with Crippen molar-refractivity contribution in [3.8, 4) is 0 Å². The van der Waals surface area contributed by atoms with E-state index in [1.807, 2.05) is 46.9 Å². The maximum Gasteiger partial charge on any atom is 0.138 e. The number of benzene rings is 1. The summed E-state index contributed by atoms with van der Waals surface area (Å²) in [5.74, 6) is 0.883. The molecule has 0 aliphatic rings. The summed E-state index contributed by atoms with van der Waals surface area (Å²) >= 11 is 0. The summed E-state index contributed by atoms with van der Waals surface area (Å²) in [6.07, 6.45) is 9.60. The maximum absolute atomic E-state index is 11.2. The summed E-state index contributed by atoms with van der Waals surface area (Å²) in [5.41, 5.74) is 7.74. The molecule has 2 rings (SSSR count). The van der Waals surface area contributed by atoms with Crippen molar-refractivity contribution in [1.29, 1.82) is 0 Å². The summed E-state index contributed by atoms with van der Waals surface area (Å²) < 4.78 is 5.11. The minimum atomic E-state index is 0. The number of methoxy groups -OCH3 is 1. The van der Waals surface area contributed by atoms with Crippen LogP contribution in [0, 0.1) is 32.6 Å². The second-order valence-electron chi connectivity index (χ2n) is 10.8. The van der Waals surface area contributed by atoms with Crippen LogP contribution in [0.25, 0.3) is 5.57 Å². The minimum Gasteiger partial charge on any atom is -0.385 e. The zero-order valence-corrected chi connectivity index (χ0v) is 27.1. The molecule has 0 aliphatic heterocycles. The number of Topliss-reactive ketones (excluding diaryl/α,β-unsaturated/α-hetero) is 1. The first kappa shape index (κ1) is 39.7. The van der Waals surface area contributed by atoms with Crippen LogP contribution in [0.2, 0.25) is 0 Å². The highest BCUT2D eigenvalue weighted by molar-refractivity contribution is 5.82. The number of carbonyl (C=O) groups is 1. The molecule has 1 heterocycles. The zero-order chi connectivity index (χ0) is 29.8. The summed E-state index contributed by atoms with van der Waals surface area (Å²) in [6, 6.07) is 10.8. The number of carbonyl (C=O) groups excluding carboxylic acids is 1. The van der Waals surface area contributed by atoms with Crippen LogP contribution in [0.5, 0.6) is 0 Å². The van der Waals surface area contributed by atoms with Crippen molar-refractivity contribution in [2.24, 2.45) is 11.8 Å². The Hall–Kier alpha value is -2.46. The molecule has 0 bridgehead atoms. The first-order valence-corrected chi connectivity index (χ1v) is 14.9. The highest BCUT2D eigenvalue weighted by atomic mass is 16.5. The number of hydrogen-bond donors (Lipinski definition) is 0. The molecule has 0 aliphatic carbocycles. The average Bonchev–Trinajstić information content (AvgIpc) is 2.92. The standard InChI is InChI=1S/C16H27NO.C10H13N.C9H18O.CH4/c1-5-10-17(11-6-7-12-18-4)16-9-8-14(2)15(3)13-16;1-4-8(2)10-6-5-7-11-9(10)3;1-5-6-8(4)9(10)7(2)3;/h8-9,13H,5-7,10-12H2,1-4H3;4-7H,1-3H3;7-8H,5-6H2,1-4H3;1H4/b;8-4-;;. The Kier molecular flexibility index (Phi) is 23.1. The highest BCUT2D eigenvalue weighted by Gasteiger charge is 2.14. The number of rotatable bonds is 13. The van der Waals surface area contributed by atoms with E-state index in [1.54, 1.807) is 7.11 Å². The first-order valence-electron chi connectivity index (χ1n) is 14.9. The highest BCUT2D eigenvalue weighted by Crippen LogP contribution is 2.20. The monoisotopic (exact) mass is 554 g/mol. The molecule has 4 nitrogen and oxygen atoms in total. The van der Waals surface area contributed by atoms with Crippen molar-refractivity contribution in [2.45, 2.75) is 109 Å². The van der Waals surface area contributed by atoms with Crippen LogP contribution in [-0.4, -0.2) is 37.6 Å². The van der Waals surface area contributed by atoms with Gasteiger partial charge >= 0.3 is 0 Å². The van der Waals surface area contributed by atoms with Crippen molar-refractivity contribution in [3.05, 3.63) is 65.0 Å². The Bertz CT molecular complexity index is 965. The molecule has 1 unspecified atom stereocenters. The fourth-order valence-corrected chi connectivity index (χ4v) is 4.31. The lowest BCUT2D eigenvalue weighted by atomic mass is 9.93. The molecule has 0 saturated carbocycles. The van der Waals surface area contributed by atoms with Gasteiger partial charge in [-0.2, -0.15) is 0 Å². The summed E-state index contributed by atoms with van der Waals surface area (Å²) in [6.45, 7) is 24.0. The van der Waals surface area contributed by atoms with Gasteiger partial charge in [0.1, 0.15) is 5.78 Å². The molecule has 0 saturated heterocycles. The van der Waals surface area contributed by atoms with E-state index >= 15 is 0 Å². The first-order chi connectivity index (χ1) is 18.5. The van der Waals surface area contributed by atoms with E-state index in [-0.39, 0.29) is 19.3 Å². The van der Waals surface area contributed by atoms with E-state index in [0.717, 1.165) is 44.7 Å². The van der Waals surface area contributed by atoms with Crippen molar-refractivity contribution in [1.82, 2.24) is 4.98 Å². The van der Waals surface area contributed by atoms with Crippen LogP contribution in [0.3, 0.4) is 0 Å². The second-order valence-corrected chi connectivity index (χ2v) is 10.8. The number of aromatic nitrogens is 1. The number of allylic oxidation sites excluding steroid dienone is 2. The summed E-state index contributed by atoms with van der Waals surface area (Å²) in [7, 11) is 1.77. The van der Waals surface area contributed by atoms with E-state index in [4.69, 9.17) is 4.74 Å². The third-order valence-electron chi connectivity index (χ3n) is 7.02. The van der Waals surface area contributed by atoms with Crippen LogP contribution in [-0.2, 0) is 9.53 Å². The lowest BCUT2D eigenvalue weighted by Crippen LogP contribution is -2.25. The van der Waals surface area contributed by atoms with Gasteiger partial charge in [0.15, 0.2) is 0 Å². The van der Waals surface area contributed by atoms with Gasteiger partial charge in [-0.3, -0.25) is 9.78 Å². The van der Waals surface area contributed by atoms with E-state index < -0.39 is 0 Å². The zero-order valence-electron chi connectivity index (χ0n) is 27.1. The van der Waals surface area contributed by atoms with Crippen LogP contribution >= 0.6 is 0 Å². The Labute approximate surface area is 248 Å². The Morgan fingerprint density at radius 2 is 1.68 bits per heavy atom. The third kappa shape index (κ3) is 16.0. The van der Waals surface area contributed by atoms with Crippen molar-refractivity contribution in [2.75, 3.05) is 31.7 Å². The van der Waals surface area contributed by atoms with Gasteiger partial charge in [-0.05, 0) is 101 Å². The van der Waals surface area contributed by atoms with Crippen LogP contribution in [0.1, 0.15) is 110 Å². The third-order valence-corrected chi connectivity index (χ3v) is 7.02. The minimum absolute atomic E-state index is 0. The van der Waals surface area contributed by atoms with Crippen LogP contribution in [0.15, 0.2) is 42.6 Å². The van der Waals surface area contributed by atoms with Gasteiger partial charge in [0.25, 0.3) is 0 Å². The van der Waals surface area contributed by atoms with Crippen LogP contribution < -0.4 is 4.90 Å². The number of pyridine rings is 1. The van der Waals surface area contributed by atoms with Crippen molar-refractivity contribution >= 4 is 17.0 Å². The molecule has 0 amide bonds. The van der Waals surface area contributed by atoms with Gasteiger partial charge in [-0.1, -0.05) is 66.7 Å². The van der Waals surface area contributed by atoms with Gasteiger partial charge in [0.2, 0.25) is 0 Å². The van der Waals surface area contributed by atoms with Gasteiger partial charge in [0.05, 0.1) is 0 Å². The molecule has 0 radical (unpaired) electrons. The van der Waals surface area contributed by atoms with Crippen molar-refractivity contribution in [3.63, 3.8) is 0 Å². The molecule has 0 spiro atoms. The SMILES string of the molecule is C.C/C=C(/C)c1cccnc1C.CCCC(C)C(=O)C(C)C.CCCN(CCCCOC)c1ccc(C)c(C)c1. The number of aryl methyl sites for hydroxylation is 3. The number of anilines is 1. The number of ketones is 1. The molecule has 228 valence electrons. The van der Waals surface area contributed by atoms with E-state index in [2.05, 4.69) is 74.8 Å². The molecule has 40 heavy (non-hydrogen) atoms. The van der Waals surface area contributed by atoms with Crippen molar-refractivity contribution < 1.29 is 9.53 Å². The maximum atomic E-state index is 11.2. The summed E-state index contributed by atoms with van der Waals surface area (Å²) in [5, 5.41) is 0. The van der Waals surface area contributed by atoms with Gasteiger partial charge < -0.3 is 9.64 Å². The Balaban J connectivity index is 0. The average molecular weight is 555 g/mol. The predicted octanol–water partition coefficient (Wildman–Crippen LogP) is 10.0. The number of ether oxygens (including phenoxy) is 1. The largest absolute Gasteiger partial charge is 0.385 e. The smallest absolute Gasteiger partial charge is 0.138 e. The lowest BCUT2D eigenvalue weighted by Gasteiger charge is -2.25. The Morgan fingerprint density at radius 1 is 1.00 bits per heavy atom. The number of nitrogens with zero attached hydrogens (tertiary/aromatic N) is 2. The van der Waals surface area contributed by atoms with E-state index in [0.29, 0.717) is 5.78 Å². The topological polar surface area (TPSA) is 42.4 Å². The molecule has 0 fully saturated rings. The van der Waals surface area contributed by atoms with Crippen LogP contribution in [0.4, 0.5) is 5.69 Å². The molecular formula is C36H62N2O2. The molecule has 1 atom stereocenters. The van der Waals surface area contributed by atoms with Gasteiger partial charge in [-0.15, -0.1) is 0 Å². The molecule has 1 aromatic heterocycles. The predicted molar refractivity (Wildman–Crippen MR) is 178 cm³/mol. The van der Waals surface area contributed by atoms with E-state index in [1.165, 1.54) is 40.8 Å². The number of hydrogen-bond acceptors (Lipinski definition) is 4. The summed E-state index contributed by atoms with van der Waals surface area (Å²) in [4.78, 5) is 17.9. The van der Waals surface area contributed by atoms with Gasteiger partial charge in [-0.25, -0.2) is 0 Å². The Morgan fingerprint density at radius 3 is 2.17 bits per heavy atom. The molecule has 1 aromatic carbocycles. The second kappa shape index (κ2) is 23.3. The van der Waals surface area contributed by atoms with Gasteiger partial charge in [0, 0.05) is 56.2 Å². The normalized spacial score (nSPS) is 11.4. The quantitative estimate of drug-likeness (QED) is 0.231. The molecule has 2 aromatic rings.